The minimum absolute atomic E-state index is 0.0560. The largest absolute Gasteiger partial charge is 0.378 e. The molecule has 0 spiro atoms. The molecular formula is C14H24BrN3O. The predicted octanol–water partition coefficient (Wildman–Crippen LogP) is 2.52. The molecular weight excluding hydrogens is 306 g/mol. The second kappa shape index (κ2) is 5.94. The normalized spacial score (nSPS) is 27.1. The van der Waals surface area contributed by atoms with Gasteiger partial charge in [0.15, 0.2) is 0 Å². The van der Waals surface area contributed by atoms with Crippen molar-refractivity contribution in [3.05, 3.63) is 15.9 Å². The van der Waals surface area contributed by atoms with Crippen LogP contribution in [0.3, 0.4) is 0 Å². The zero-order valence-corrected chi connectivity index (χ0v) is 13.7. The Kier molecular flexibility index (Phi) is 4.69. The lowest BCUT2D eigenvalue weighted by Crippen LogP contribution is -2.39. The van der Waals surface area contributed by atoms with Gasteiger partial charge in [-0.05, 0) is 49.0 Å². The molecule has 2 unspecified atom stereocenters. The third-order valence-electron chi connectivity index (χ3n) is 4.45. The molecule has 0 radical (unpaired) electrons. The molecule has 2 N–H and O–H groups in total. The molecule has 1 aliphatic heterocycles. The lowest BCUT2D eigenvalue weighted by molar-refractivity contribution is 0.0663. The summed E-state index contributed by atoms with van der Waals surface area (Å²) in [5, 5.41) is 4.67. The van der Waals surface area contributed by atoms with Crippen LogP contribution in [0.4, 0.5) is 0 Å². The summed E-state index contributed by atoms with van der Waals surface area (Å²) in [7, 11) is 0. The molecule has 0 aromatic carbocycles. The van der Waals surface area contributed by atoms with E-state index in [1.54, 1.807) is 0 Å². The fourth-order valence-corrected chi connectivity index (χ4v) is 3.62. The fraction of sp³-hybridized carbons (Fsp3) is 0.786. The molecule has 2 rings (SSSR count). The van der Waals surface area contributed by atoms with Crippen molar-refractivity contribution in [3.8, 4) is 0 Å². The second-order valence-corrected chi connectivity index (χ2v) is 6.18. The van der Waals surface area contributed by atoms with Crippen molar-refractivity contribution in [2.45, 2.75) is 52.7 Å². The molecule has 0 amide bonds. The predicted molar refractivity (Wildman–Crippen MR) is 80.2 cm³/mol. The van der Waals surface area contributed by atoms with Gasteiger partial charge in [0, 0.05) is 25.1 Å². The average molecular weight is 330 g/mol. The van der Waals surface area contributed by atoms with E-state index >= 15 is 0 Å². The van der Waals surface area contributed by atoms with Crippen molar-refractivity contribution in [2.24, 2.45) is 11.1 Å². The molecule has 19 heavy (non-hydrogen) atoms. The Bertz CT molecular complexity index is 446. The van der Waals surface area contributed by atoms with Crippen LogP contribution < -0.4 is 5.73 Å². The van der Waals surface area contributed by atoms with Gasteiger partial charge in [0.25, 0.3) is 0 Å². The fourth-order valence-electron chi connectivity index (χ4n) is 2.91. The van der Waals surface area contributed by atoms with Gasteiger partial charge >= 0.3 is 0 Å². The van der Waals surface area contributed by atoms with Crippen molar-refractivity contribution < 1.29 is 4.74 Å². The highest BCUT2D eigenvalue weighted by molar-refractivity contribution is 9.10. The Morgan fingerprint density at radius 1 is 1.53 bits per heavy atom. The molecule has 2 heterocycles. The van der Waals surface area contributed by atoms with Gasteiger partial charge in [-0.15, -0.1) is 0 Å². The number of rotatable bonds is 5. The molecule has 5 heteroatoms. The topological polar surface area (TPSA) is 53.1 Å². The SMILES string of the molecule is CCc1nn(CC)c(CC2(CN)CCOC2C)c1Br. The summed E-state index contributed by atoms with van der Waals surface area (Å²) in [5.41, 5.74) is 8.52. The number of ether oxygens (including phenoxy) is 1. The number of halogens is 1. The highest BCUT2D eigenvalue weighted by atomic mass is 79.9. The van der Waals surface area contributed by atoms with Crippen LogP contribution in [0.15, 0.2) is 4.47 Å². The van der Waals surface area contributed by atoms with Crippen molar-refractivity contribution in [2.75, 3.05) is 13.2 Å². The van der Waals surface area contributed by atoms with Gasteiger partial charge < -0.3 is 10.5 Å². The summed E-state index contributed by atoms with van der Waals surface area (Å²) >= 11 is 3.72. The highest BCUT2D eigenvalue weighted by Gasteiger charge is 2.41. The van der Waals surface area contributed by atoms with Crippen LogP contribution in [0.1, 0.15) is 38.6 Å². The number of aryl methyl sites for hydroxylation is 2. The van der Waals surface area contributed by atoms with Crippen molar-refractivity contribution in [3.63, 3.8) is 0 Å². The highest BCUT2D eigenvalue weighted by Crippen LogP contribution is 2.39. The molecule has 0 bridgehead atoms. The Balaban J connectivity index is 2.34. The zero-order chi connectivity index (χ0) is 14.0. The summed E-state index contributed by atoms with van der Waals surface area (Å²) in [6, 6.07) is 0. The van der Waals surface area contributed by atoms with E-state index in [0.29, 0.717) is 6.54 Å². The Morgan fingerprint density at radius 2 is 2.26 bits per heavy atom. The minimum Gasteiger partial charge on any atom is -0.378 e. The number of hydrogen-bond donors (Lipinski definition) is 1. The summed E-state index contributed by atoms with van der Waals surface area (Å²) in [5.74, 6) is 0. The maximum absolute atomic E-state index is 6.06. The lowest BCUT2D eigenvalue weighted by Gasteiger charge is -2.31. The van der Waals surface area contributed by atoms with Gasteiger partial charge in [0.05, 0.1) is 22.0 Å². The smallest absolute Gasteiger partial charge is 0.0766 e. The molecule has 2 atom stereocenters. The quantitative estimate of drug-likeness (QED) is 0.903. The number of hydrogen-bond acceptors (Lipinski definition) is 3. The third kappa shape index (κ3) is 2.60. The standard InChI is InChI=1S/C14H24BrN3O/c1-4-11-13(15)12(18(5-2)17-11)8-14(9-16)6-7-19-10(14)3/h10H,4-9,16H2,1-3H3. The molecule has 4 nitrogen and oxygen atoms in total. The molecule has 1 aromatic rings. The van der Waals surface area contributed by atoms with E-state index in [1.807, 2.05) is 0 Å². The van der Waals surface area contributed by atoms with Crippen LogP contribution >= 0.6 is 15.9 Å². The Morgan fingerprint density at radius 3 is 2.74 bits per heavy atom. The van der Waals surface area contributed by atoms with E-state index < -0.39 is 0 Å². The van der Waals surface area contributed by atoms with E-state index in [2.05, 4.69) is 46.5 Å². The van der Waals surface area contributed by atoms with Crippen molar-refractivity contribution in [1.82, 2.24) is 9.78 Å². The molecule has 0 saturated carbocycles. The summed E-state index contributed by atoms with van der Waals surface area (Å²) < 4.78 is 9.01. The average Bonchev–Trinajstić information content (AvgIpc) is 2.93. The number of nitrogens with two attached hydrogens (primary N) is 1. The first-order chi connectivity index (χ1) is 9.07. The van der Waals surface area contributed by atoms with E-state index in [1.165, 1.54) is 5.69 Å². The van der Waals surface area contributed by atoms with Gasteiger partial charge in [-0.25, -0.2) is 0 Å². The summed E-state index contributed by atoms with van der Waals surface area (Å²) in [4.78, 5) is 0. The molecule has 108 valence electrons. The van der Waals surface area contributed by atoms with E-state index in [0.717, 1.165) is 42.6 Å². The monoisotopic (exact) mass is 329 g/mol. The van der Waals surface area contributed by atoms with E-state index in [-0.39, 0.29) is 11.5 Å². The molecule has 1 fully saturated rings. The first-order valence-electron chi connectivity index (χ1n) is 7.13. The molecule has 1 aromatic heterocycles. The Labute approximate surface area is 123 Å². The lowest BCUT2D eigenvalue weighted by atomic mass is 9.77. The molecule has 1 saturated heterocycles. The van der Waals surface area contributed by atoms with Crippen molar-refractivity contribution >= 4 is 15.9 Å². The maximum atomic E-state index is 6.06. The van der Waals surface area contributed by atoms with E-state index in [4.69, 9.17) is 10.5 Å². The second-order valence-electron chi connectivity index (χ2n) is 5.38. The van der Waals surface area contributed by atoms with Gasteiger partial charge in [-0.1, -0.05) is 6.92 Å². The summed E-state index contributed by atoms with van der Waals surface area (Å²) in [6.45, 7) is 8.78. The zero-order valence-electron chi connectivity index (χ0n) is 12.1. The van der Waals surface area contributed by atoms with Crippen LogP contribution in [-0.2, 0) is 24.1 Å². The Hall–Kier alpha value is -0.390. The van der Waals surface area contributed by atoms with Crippen LogP contribution in [-0.4, -0.2) is 29.0 Å². The van der Waals surface area contributed by atoms with Crippen LogP contribution in [0.25, 0.3) is 0 Å². The first kappa shape index (κ1) is 15.0. The van der Waals surface area contributed by atoms with Gasteiger partial charge in [0.2, 0.25) is 0 Å². The van der Waals surface area contributed by atoms with Crippen LogP contribution in [0.2, 0.25) is 0 Å². The first-order valence-corrected chi connectivity index (χ1v) is 7.93. The minimum atomic E-state index is 0.0560. The van der Waals surface area contributed by atoms with Crippen LogP contribution in [0.5, 0.6) is 0 Å². The van der Waals surface area contributed by atoms with E-state index in [9.17, 15) is 0 Å². The number of aromatic nitrogens is 2. The van der Waals surface area contributed by atoms with Crippen molar-refractivity contribution in [1.29, 1.82) is 0 Å². The van der Waals surface area contributed by atoms with Gasteiger partial charge in [0.1, 0.15) is 0 Å². The molecule has 0 aliphatic carbocycles. The maximum Gasteiger partial charge on any atom is 0.0766 e. The molecule has 1 aliphatic rings. The summed E-state index contributed by atoms with van der Waals surface area (Å²) in [6.07, 6.45) is 3.14. The van der Waals surface area contributed by atoms with Gasteiger partial charge in [-0.2, -0.15) is 5.10 Å². The van der Waals surface area contributed by atoms with Gasteiger partial charge in [-0.3, -0.25) is 4.68 Å². The van der Waals surface area contributed by atoms with Crippen LogP contribution in [0, 0.1) is 5.41 Å². The number of nitrogens with zero attached hydrogens (tertiary/aromatic N) is 2. The third-order valence-corrected chi connectivity index (χ3v) is 5.37.